The molecule has 29 heavy (non-hydrogen) atoms. The SMILES string of the molecule is CCCCCC(O)CCCC(CCCCCCC(=O)NCCN(C)C)S(C)(=O)=O. The molecule has 0 fully saturated rings. The second-order valence-corrected chi connectivity index (χ2v) is 11.0. The van der Waals surface area contributed by atoms with Crippen molar-refractivity contribution in [3.63, 3.8) is 0 Å². The van der Waals surface area contributed by atoms with Gasteiger partial charge in [-0.25, -0.2) is 8.42 Å². The second kappa shape index (κ2) is 17.1. The molecule has 0 aromatic carbocycles. The van der Waals surface area contributed by atoms with E-state index < -0.39 is 9.84 Å². The molecule has 0 heterocycles. The Morgan fingerprint density at radius 2 is 1.52 bits per heavy atom. The lowest BCUT2D eigenvalue weighted by Gasteiger charge is -2.16. The molecule has 0 radical (unpaired) electrons. The highest BCUT2D eigenvalue weighted by atomic mass is 32.2. The maximum Gasteiger partial charge on any atom is 0.220 e. The number of aliphatic hydroxyl groups excluding tert-OH is 1. The molecule has 0 saturated heterocycles. The van der Waals surface area contributed by atoms with Gasteiger partial charge in [0.1, 0.15) is 9.84 Å². The maximum absolute atomic E-state index is 12.1. The van der Waals surface area contributed by atoms with Gasteiger partial charge in [-0.05, 0) is 52.6 Å². The highest BCUT2D eigenvalue weighted by Crippen LogP contribution is 2.19. The Balaban J connectivity index is 3.92. The number of amides is 1. The summed E-state index contributed by atoms with van der Waals surface area (Å²) in [6.45, 7) is 3.66. The van der Waals surface area contributed by atoms with E-state index in [-0.39, 0.29) is 17.3 Å². The van der Waals surface area contributed by atoms with Crippen LogP contribution in [0.2, 0.25) is 0 Å². The van der Waals surface area contributed by atoms with E-state index in [4.69, 9.17) is 0 Å². The van der Waals surface area contributed by atoms with Gasteiger partial charge in [0, 0.05) is 25.8 Å². The van der Waals surface area contributed by atoms with E-state index in [0.717, 1.165) is 64.3 Å². The summed E-state index contributed by atoms with van der Waals surface area (Å²) in [7, 11) is 0.899. The molecule has 2 atom stereocenters. The average molecular weight is 435 g/mol. The molecule has 0 spiro atoms. The Morgan fingerprint density at radius 3 is 2.14 bits per heavy atom. The van der Waals surface area contributed by atoms with Crippen molar-refractivity contribution in [2.75, 3.05) is 33.4 Å². The molecule has 174 valence electrons. The fourth-order valence-electron chi connectivity index (χ4n) is 3.45. The highest BCUT2D eigenvalue weighted by molar-refractivity contribution is 7.91. The van der Waals surface area contributed by atoms with E-state index in [1.54, 1.807) is 0 Å². The summed E-state index contributed by atoms with van der Waals surface area (Å²) >= 11 is 0. The molecule has 0 rings (SSSR count). The van der Waals surface area contributed by atoms with Gasteiger partial charge in [0.15, 0.2) is 0 Å². The molecule has 7 heteroatoms. The predicted molar refractivity (Wildman–Crippen MR) is 122 cm³/mol. The average Bonchev–Trinajstić information content (AvgIpc) is 2.62. The predicted octanol–water partition coefficient (Wildman–Crippen LogP) is 3.53. The lowest BCUT2D eigenvalue weighted by Crippen LogP contribution is -2.31. The quantitative estimate of drug-likeness (QED) is 0.304. The minimum atomic E-state index is -3.06. The van der Waals surface area contributed by atoms with E-state index >= 15 is 0 Å². The largest absolute Gasteiger partial charge is 0.393 e. The molecule has 0 saturated carbocycles. The number of unbranched alkanes of at least 4 members (excludes halogenated alkanes) is 5. The van der Waals surface area contributed by atoms with E-state index in [2.05, 4.69) is 12.2 Å². The van der Waals surface area contributed by atoms with Gasteiger partial charge in [-0.1, -0.05) is 45.4 Å². The van der Waals surface area contributed by atoms with E-state index in [1.165, 1.54) is 6.26 Å². The van der Waals surface area contributed by atoms with Crippen LogP contribution in [0.5, 0.6) is 0 Å². The number of nitrogens with one attached hydrogen (secondary N) is 1. The van der Waals surface area contributed by atoms with Crippen molar-refractivity contribution in [2.24, 2.45) is 0 Å². The molecule has 0 bridgehead atoms. The highest BCUT2D eigenvalue weighted by Gasteiger charge is 2.20. The molecule has 0 aliphatic rings. The molecule has 0 aromatic heterocycles. The topological polar surface area (TPSA) is 86.7 Å². The fourth-order valence-corrected chi connectivity index (χ4v) is 4.64. The number of likely N-dealkylation sites (N-methyl/N-ethyl adjacent to an activating group) is 1. The second-order valence-electron chi connectivity index (χ2n) is 8.64. The molecule has 1 amide bonds. The van der Waals surface area contributed by atoms with Gasteiger partial charge in [0.2, 0.25) is 5.91 Å². The van der Waals surface area contributed by atoms with Crippen LogP contribution in [0, 0.1) is 0 Å². The number of carbonyl (C=O) groups excluding carboxylic acids is 1. The number of hydrogen-bond acceptors (Lipinski definition) is 5. The minimum absolute atomic E-state index is 0.0957. The Hall–Kier alpha value is -0.660. The van der Waals surface area contributed by atoms with Gasteiger partial charge >= 0.3 is 0 Å². The molecule has 6 nitrogen and oxygen atoms in total. The van der Waals surface area contributed by atoms with Gasteiger partial charge in [-0.2, -0.15) is 0 Å². The summed E-state index contributed by atoms with van der Waals surface area (Å²) in [5, 5.41) is 12.6. The molecular weight excluding hydrogens is 388 g/mol. The number of nitrogens with zero attached hydrogens (tertiary/aromatic N) is 1. The molecule has 2 N–H and O–H groups in total. The van der Waals surface area contributed by atoms with Crippen LogP contribution in [0.15, 0.2) is 0 Å². The van der Waals surface area contributed by atoms with Gasteiger partial charge < -0.3 is 15.3 Å². The number of sulfone groups is 1. The van der Waals surface area contributed by atoms with Gasteiger partial charge in [-0.15, -0.1) is 0 Å². The van der Waals surface area contributed by atoms with E-state index in [9.17, 15) is 18.3 Å². The van der Waals surface area contributed by atoms with E-state index in [0.29, 0.717) is 32.2 Å². The normalized spacial score (nSPS) is 14.1. The van der Waals surface area contributed by atoms with Crippen molar-refractivity contribution >= 4 is 15.7 Å². The first-order chi connectivity index (χ1) is 13.7. The zero-order chi connectivity index (χ0) is 22.1. The summed E-state index contributed by atoms with van der Waals surface area (Å²) in [6, 6.07) is 0. The van der Waals surface area contributed by atoms with Crippen LogP contribution in [0.25, 0.3) is 0 Å². The number of rotatable bonds is 19. The zero-order valence-corrected chi connectivity index (χ0v) is 20.1. The van der Waals surface area contributed by atoms with Crippen LogP contribution in [-0.4, -0.2) is 69.1 Å². The summed E-state index contributed by atoms with van der Waals surface area (Å²) in [4.78, 5) is 13.8. The first-order valence-electron chi connectivity index (χ1n) is 11.4. The molecule has 0 aromatic rings. The monoisotopic (exact) mass is 434 g/mol. The number of aliphatic hydroxyl groups is 1. The van der Waals surface area contributed by atoms with Gasteiger partial charge in [0.25, 0.3) is 0 Å². The van der Waals surface area contributed by atoms with Crippen molar-refractivity contribution in [3.05, 3.63) is 0 Å². The molecule has 0 aliphatic heterocycles. The third-order valence-corrected chi connectivity index (χ3v) is 7.05. The summed E-state index contributed by atoms with van der Waals surface area (Å²) in [5.41, 5.74) is 0. The number of hydrogen-bond donors (Lipinski definition) is 2. The first kappa shape index (κ1) is 28.3. The molecule has 2 unspecified atom stereocenters. The lowest BCUT2D eigenvalue weighted by atomic mass is 10.0. The van der Waals surface area contributed by atoms with Crippen LogP contribution < -0.4 is 5.32 Å². The van der Waals surface area contributed by atoms with Gasteiger partial charge in [-0.3, -0.25) is 4.79 Å². The van der Waals surface area contributed by atoms with Crippen LogP contribution in [0.1, 0.15) is 90.4 Å². The molecule has 0 aliphatic carbocycles. The first-order valence-corrected chi connectivity index (χ1v) is 13.4. The summed E-state index contributed by atoms with van der Waals surface area (Å²) in [6.07, 6.45) is 12.1. The van der Waals surface area contributed by atoms with Crippen LogP contribution in [0.4, 0.5) is 0 Å². The van der Waals surface area contributed by atoms with Crippen LogP contribution in [-0.2, 0) is 14.6 Å². The van der Waals surface area contributed by atoms with Crippen molar-refractivity contribution in [1.29, 1.82) is 0 Å². The Bertz CT molecular complexity index is 509. The lowest BCUT2D eigenvalue weighted by molar-refractivity contribution is -0.121. The maximum atomic E-state index is 12.1. The fraction of sp³-hybridized carbons (Fsp3) is 0.955. The Labute approximate surface area is 179 Å². The Kier molecular flexibility index (Phi) is 16.7. The van der Waals surface area contributed by atoms with Crippen molar-refractivity contribution in [1.82, 2.24) is 10.2 Å². The molecular formula is C22H46N2O4S. The van der Waals surface area contributed by atoms with E-state index in [1.807, 2.05) is 19.0 Å². The van der Waals surface area contributed by atoms with Gasteiger partial charge in [0.05, 0.1) is 11.4 Å². The van der Waals surface area contributed by atoms with Crippen molar-refractivity contribution in [2.45, 2.75) is 102 Å². The van der Waals surface area contributed by atoms with Crippen molar-refractivity contribution < 1.29 is 18.3 Å². The smallest absolute Gasteiger partial charge is 0.220 e. The third kappa shape index (κ3) is 17.9. The standard InChI is InChI=1S/C22H46N2O4S/c1-5-6-9-13-20(25)14-12-16-21(29(4,27)28)15-10-7-8-11-17-22(26)23-18-19-24(2)3/h20-21,25H,5-19H2,1-4H3,(H,23,26). The third-order valence-electron chi connectivity index (χ3n) is 5.37. The van der Waals surface area contributed by atoms with Crippen LogP contribution >= 0.6 is 0 Å². The zero-order valence-electron chi connectivity index (χ0n) is 19.3. The summed E-state index contributed by atoms with van der Waals surface area (Å²) < 4.78 is 24.1. The Morgan fingerprint density at radius 1 is 0.931 bits per heavy atom. The summed E-state index contributed by atoms with van der Waals surface area (Å²) in [5.74, 6) is 0.0957. The van der Waals surface area contributed by atoms with Crippen LogP contribution in [0.3, 0.4) is 0 Å². The minimum Gasteiger partial charge on any atom is -0.393 e. The number of carbonyl (C=O) groups is 1. The van der Waals surface area contributed by atoms with Crippen molar-refractivity contribution in [3.8, 4) is 0 Å².